The Labute approximate surface area is 119 Å². The van der Waals surface area contributed by atoms with Crippen LogP contribution in [0.25, 0.3) is 0 Å². The lowest BCUT2D eigenvalue weighted by atomic mass is 10.00. The number of benzene rings is 2. The molecule has 2 aromatic carbocycles. The highest BCUT2D eigenvalue weighted by atomic mass is 19.1. The average molecular weight is 270 g/mol. The van der Waals surface area contributed by atoms with Crippen LogP contribution in [-0.4, -0.2) is 13.1 Å². The van der Waals surface area contributed by atoms with Crippen molar-refractivity contribution >= 4 is 5.69 Å². The largest absolute Gasteiger partial charge is 0.369 e. The second-order valence-corrected chi connectivity index (χ2v) is 5.31. The van der Waals surface area contributed by atoms with Gasteiger partial charge in [-0.15, -0.1) is 0 Å². The van der Waals surface area contributed by atoms with Crippen LogP contribution in [0, 0.1) is 5.82 Å². The Kier molecular flexibility index (Phi) is 3.70. The number of hydrogen-bond donors (Lipinski definition) is 1. The molecule has 0 spiro atoms. The predicted octanol–water partition coefficient (Wildman–Crippen LogP) is 3.28. The molecule has 0 saturated heterocycles. The standard InChI is InChI=1S/C17H19FN2/c18-15-9-3-2-8-14(15)16(19)12-20-11-5-7-13-6-1-4-10-17(13)20/h1-4,6,8-10,16H,5,7,11-12,19H2. The minimum Gasteiger partial charge on any atom is -0.369 e. The van der Waals surface area contributed by atoms with Gasteiger partial charge in [0.1, 0.15) is 5.82 Å². The van der Waals surface area contributed by atoms with Crippen molar-refractivity contribution in [2.45, 2.75) is 18.9 Å². The van der Waals surface area contributed by atoms with Crippen molar-refractivity contribution in [2.24, 2.45) is 5.73 Å². The Morgan fingerprint density at radius 1 is 1.10 bits per heavy atom. The summed E-state index contributed by atoms with van der Waals surface area (Å²) < 4.78 is 13.8. The van der Waals surface area contributed by atoms with Gasteiger partial charge in [-0.25, -0.2) is 4.39 Å². The topological polar surface area (TPSA) is 29.3 Å². The molecule has 2 nitrogen and oxygen atoms in total. The normalized spacial score (nSPS) is 15.8. The number of hydrogen-bond acceptors (Lipinski definition) is 2. The molecule has 104 valence electrons. The van der Waals surface area contributed by atoms with E-state index in [1.54, 1.807) is 12.1 Å². The van der Waals surface area contributed by atoms with Gasteiger partial charge in [0.2, 0.25) is 0 Å². The van der Waals surface area contributed by atoms with Crippen molar-refractivity contribution in [3.05, 3.63) is 65.5 Å². The highest BCUT2D eigenvalue weighted by molar-refractivity contribution is 5.55. The van der Waals surface area contributed by atoms with E-state index in [4.69, 9.17) is 5.73 Å². The molecule has 0 amide bonds. The summed E-state index contributed by atoms with van der Waals surface area (Å²) in [6, 6.07) is 14.9. The van der Waals surface area contributed by atoms with Crippen LogP contribution >= 0.6 is 0 Å². The van der Waals surface area contributed by atoms with Crippen LogP contribution in [0.4, 0.5) is 10.1 Å². The lowest BCUT2D eigenvalue weighted by Crippen LogP contribution is -2.36. The minimum absolute atomic E-state index is 0.217. The van der Waals surface area contributed by atoms with E-state index in [-0.39, 0.29) is 11.9 Å². The molecule has 0 radical (unpaired) electrons. The fourth-order valence-corrected chi connectivity index (χ4v) is 2.91. The van der Waals surface area contributed by atoms with Gasteiger partial charge in [0.15, 0.2) is 0 Å². The van der Waals surface area contributed by atoms with E-state index in [1.165, 1.54) is 17.3 Å². The Bertz CT molecular complexity index is 597. The van der Waals surface area contributed by atoms with E-state index in [2.05, 4.69) is 23.1 Å². The van der Waals surface area contributed by atoms with E-state index in [1.807, 2.05) is 12.1 Å². The van der Waals surface area contributed by atoms with Crippen molar-refractivity contribution in [2.75, 3.05) is 18.0 Å². The van der Waals surface area contributed by atoms with Gasteiger partial charge < -0.3 is 10.6 Å². The van der Waals surface area contributed by atoms with E-state index in [0.717, 1.165) is 19.4 Å². The molecular weight excluding hydrogens is 251 g/mol. The molecule has 1 atom stereocenters. The van der Waals surface area contributed by atoms with Crippen LogP contribution in [0.1, 0.15) is 23.6 Å². The monoisotopic (exact) mass is 270 g/mol. The number of nitrogens with zero attached hydrogens (tertiary/aromatic N) is 1. The van der Waals surface area contributed by atoms with Gasteiger partial charge >= 0.3 is 0 Å². The fraction of sp³-hybridized carbons (Fsp3) is 0.294. The van der Waals surface area contributed by atoms with Gasteiger partial charge in [-0.2, -0.15) is 0 Å². The number of para-hydroxylation sites is 1. The number of nitrogens with two attached hydrogens (primary N) is 1. The van der Waals surface area contributed by atoms with Crippen molar-refractivity contribution in [1.82, 2.24) is 0 Å². The first-order valence-corrected chi connectivity index (χ1v) is 7.08. The van der Waals surface area contributed by atoms with Crippen LogP contribution in [0.5, 0.6) is 0 Å². The average Bonchev–Trinajstić information content (AvgIpc) is 2.48. The number of aryl methyl sites for hydroxylation is 1. The first-order chi connectivity index (χ1) is 9.75. The number of fused-ring (bicyclic) bond motifs is 1. The highest BCUT2D eigenvalue weighted by Gasteiger charge is 2.20. The quantitative estimate of drug-likeness (QED) is 0.927. The molecule has 0 bridgehead atoms. The molecule has 1 heterocycles. The second kappa shape index (κ2) is 5.63. The lowest BCUT2D eigenvalue weighted by molar-refractivity contribution is 0.566. The summed E-state index contributed by atoms with van der Waals surface area (Å²) in [4.78, 5) is 2.27. The van der Waals surface area contributed by atoms with Crippen LogP contribution in [0.2, 0.25) is 0 Å². The Hall–Kier alpha value is -1.87. The summed E-state index contributed by atoms with van der Waals surface area (Å²) in [5.74, 6) is -0.217. The predicted molar refractivity (Wildman–Crippen MR) is 80.3 cm³/mol. The van der Waals surface area contributed by atoms with E-state index < -0.39 is 0 Å². The van der Waals surface area contributed by atoms with Crippen LogP contribution in [0.15, 0.2) is 48.5 Å². The summed E-state index contributed by atoms with van der Waals surface area (Å²) in [5.41, 5.74) is 9.40. The third kappa shape index (κ3) is 2.54. The zero-order valence-corrected chi connectivity index (χ0v) is 11.4. The Morgan fingerprint density at radius 3 is 2.70 bits per heavy atom. The summed E-state index contributed by atoms with van der Waals surface area (Å²) in [6.07, 6.45) is 2.24. The molecule has 0 aromatic heterocycles. The summed E-state index contributed by atoms with van der Waals surface area (Å²) >= 11 is 0. The maximum Gasteiger partial charge on any atom is 0.128 e. The molecular formula is C17H19FN2. The van der Waals surface area contributed by atoms with Crippen molar-refractivity contribution < 1.29 is 4.39 Å². The molecule has 0 saturated carbocycles. The summed E-state index contributed by atoms with van der Waals surface area (Å²) in [6.45, 7) is 1.64. The molecule has 1 unspecified atom stereocenters. The smallest absolute Gasteiger partial charge is 0.128 e. The second-order valence-electron chi connectivity index (χ2n) is 5.31. The van der Waals surface area contributed by atoms with Crippen molar-refractivity contribution in [3.63, 3.8) is 0 Å². The maximum absolute atomic E-state index is 13.8. The van der Waals surface area contributed by atoms with Crippen LogP contribution < -0.4 is 10.6 Å². The Morgan fingerprint density at radius 2 is 1.85 bits per heavy atom. The third-order valence-electron chi connectivity index (χ3n) is 3.93. The zero-order chi connectivity index (χ0) is 13.9. The highest BCUT2D eigenvalue weighted by Crippen LogP contribution is 2.28. The molecule has 0 fully saturated rings. The molecule has 20 heavy (non-hydrogen) atoms. The number of anilines is 1. The van der Waals surface area contributed by atoms with Gasteiger partial charge in [-0.05, 0) is 30.5 Å². The minimum atomic E-state index is -0.303. The van der Waals surface area contributed by atoms with Gasteiger partial charge in [0, 0.05) is 24.3 Å². The van der Waals surface area contributed by atoms with E-state index >= 15 is 0 Å². The number of rotatable bonds is 3. The van der Waals surface area contributed by atoms with E-state index in [0.29, 0.717) is 12.1 Å². The lowest BCUT2D eigenvalue weighted by Gasteiger charge is -2.33. The first-order valence-electron chi connectivity index (χ1n) is 7.08. The van der Waals surface area contributed by atoms with Crippen LogP contribution in [0.3, 0.4) is 0 Å². The molecule has 3 rings (SSSR count). The number of halogens is 1. The fourth-order valence-electron chi connectivity index (χ4n) is 2.91. The van der Waals surface area contributed by atoms with Gasteiger partial charge in [-0.1, -0.05) is 36.4 Å². The summed E-state index contributed by atoms with van der Waals surface area (Å²) in [7, 11) is 0. The zero-order valence-electron chi connectivity index (χ0n) is 11.4. The maximum atomic E-state index is 13.8. The molecule has 1 aliphatic rings. The molecule has 2 aromatic rings. The SMILES string of the molecule is NC(CN1CCCc2ccccc21)c1ccccc1F. The van der Waals surface area contributed by atoms with Gasteiger partial charge in [0.05, 0.1) is 6.04 Å². The van der Waals surface area contributed by atoms with Crippen molar-refractivity contribution in [3.8, 4) is 0 Å². The molecule has 3 heteroatoms. The molecule has 0 aliphatic carbocycles. The van der Waals surface area contributed by atoms with Gasteiger partial charge in [-0.3, -0.25) is 0 Å². The first kappa shape index (κ1) is 13.1. The van der Waals surface area contributed by atoms with Gasteiger partial charge in [0.25, 0.3) is 0 Å². The molecule has 2 N–H and O–H groups in total. The van der Waals surface area contributed by atoms with E-state index in [9.17, 15) is 4.39 Å². The summed E-state index contributed by atoms with van der Waals surface area (Å²) in [5, 5.41) is 0. The molecule has 1 aliphatic heterocycles. The Balaban J connectivity index is 1.81. The van der Waals surface area contributed by atoms with Crippen molar-refractivity contribution in [1.29, 1.82) is 0 Å². The van der Waals surface area contributed by atoms with Crippen LogP contribution in [-0.2, 0) is 6.42 Å². The third-order valence-corrected chi connectivity index (χ3v) is 3.93.